The highest BCUT2D eigenvalue weighted by molar-refractivity contribution is 9.10. The van der Waals surface area contributed by atoms with Crippen molar-refractivity contribution in [2.75, 3.05) is 0 Å². The Morgan fingerprint density at radius 2 is 1.86 bits per heavy atom. The van der Waals surface area contributed by atoms with E-state index in [1.807, 2.05) is 4.72 Å². The monoisotopic (exact) mass is 489 g/mol. The zero-order valence-electron chi connectivity index (χ0n) is 14.1. The Kier molecular flexibility index (Phi) is 5.55. The molecule has 0 aliphatic carbocycles. The topological polar surface area (TPSA) is 81.1 Å². The molecule has 0 saturated carbocycles. The molecule has 0 bridgehead atoms. The second-order valence-electron chi connectivity index (χ2n) is 5.67. The van der Waals surface area contributed by atoms with Crippen LogP contribution in [0.1, 0.15) is 10.5 Å². The number of halogens is 4. The molecule has 0 aliphatic heterocycles. The van der Waals surface area contributed by atoms with E-state index in [9.17, 15) is 22.0 Å². The van der Waals surface area contributed by atoms with Crippen LogP contribution in [0.3, 0.4) is 0 Å². The molecule has 0 saturated heterocycles. The molecule has 0 unspecified atom stereocenters. The van der Waals surface area contributed by atoms with Crippen LogP contribution < -0.4 is 4.72 Å². The van der Waals surface area contributed by atoms with Gasteiger partial charge in [0, 0.05) is 17.7 Å². The minimum atomic E-state index is -4.29. The minimum Gasteiger partial charge on any atom is -0.333 e. The molecule has 3 aromatic rings. The maximum absolute atomic E-state index is 14.0. The van der Waals surface area contributed by atoms with Gasteiger partial charge in [-0.15, -0.1) is 0 Å². The molecule has 0 aliphatic rings. The van der Waals surface area contributed by atoms with Gasteiger partial charge in [-0.1, -0.05) is 33.6 Å². The van der Waals surface area contributed by atoms with Crippen molar-refractivity contribution in [1.82, 2.24) is 14.3 Å². The molecule has 11 heteroatoms. The van der Waals surface area contributed by atoms with E-state index in [2.05, 4.69) is 20.9 Å². The number of carbonyl (C=O) groups excluding carboxylic acids is 1. The first-order valence-corrected chi connectivity index (χ1v) is 10.3. The van der Waals surface area contributed by atoms with Crippen molar-refractivity contribution in [2.45, 2.75) is 4.90 Å². The van der Waals surface area contributed by atoms with Crippen LogP contribution >= 0.6 is 27.5 Å². The van der Waals surface area contributed by atoms with Crippen LogP contribution in [0.15, 0.2) is 52.0 Å². The highest BCUT2D eigenvalue weighted by atomic mass is 79.9. The summed E-state index contributed by atoms with van der Waals surface area (Å²) < 4.78 is 56.5. The standard InChI is InChI=1S/C17H11BrClF2N3O3S/c1-24-8-13(22-16(24)15-11(20)3-2-4-12(15)21)17(25)23-28(26,27)14-6-5-9(18)7-10(14)19/h2-8H,1H3,(H,23,25). The van der Waals surface area contributed by atoms with Gasteiger partial charge in [-0.3, -0.25) is 4.79 Å². The lowest BCUT2D eigenvalue weighted by molar-refractivity contribution is 0.0977. The first-order valence-electron chi connectivity index (χ1n) is 7.60. The van der Waals surface area contributed by atoms with E-state index in [-0.39, 0.29) is 21.4 Å². The molecule has 1 amide bonds. The van der Waals surface area contributed by atoms with E-state index in [1.165, 1.54) is 35.9 Å². The quantitative estimate of drug-likeness (QED) is 0.601. The molecule has 1 N–H and O–H groups in total. The fraction of sp³-hybridized carbons (Fsp3) is 0.0588. The number of aromatic nitrogens is 2. The van der Waals surface area contributed by atoms with E-state index in [4.69, 9.17) is 11.6 Å². The number of hydrogen-bond donors (Lipinski definition) is 1. The van der Waals surface area contributed by atoms with Gasteiger partial charge >= 0.3 is 0 Å². The predicted molar refractivity (Wildman–Crippen MR) is 102 cm³/mol. The van der Waals surface area contributed by atoms with Crippen molar-refractivity contribution in [2.24, 2.45) is 7.05 Å². The lowest BCUT2D eigenvalue weighted by Gasteiger charge is -2.07. The molecule has 1 aromatic heterocycles. The van der Waals surface area contributed by atoms with Crippen LogP contribution in [-0.4, -0.2) is 23.9 Å². The van der Waals surface area contributed by atoms with Gasteiger partial charge in [0.1, 0.15) is 28.0 Å². The normalized spacial score (nSPS) is 11.5. The molecule has 3 rings (SSSR count). The van der Waals surface area contributed by atoms with Crippen molar-refractivity contribution in [3.63, 3.8) is 0 Å². The summed E-state index contributed by atoms with van der Waals surface area (Å²) in [6, 6.07) is 7.32. The van der Waals surface area contributed by atoms with E-state index < -0.39 is 33.1 Å². The van der Waals surface area contributed by atoms with Gasteiger partial charge in [0.05, 0.1) is 10.6 Å². The Balaban J connectivity index is 1.94. The van der Waals surface area contributed by atoms with Gasteiger partial charge in [0.2, 0.25) is 0 Å². The second-order valence-corrected chi connectivity index (χ2v) is 8.64. The van der Waals surface area contributed by atoms with E-state index in [0.717, 1.165) is 18.3 Å². The molecule has 28 heavy (non-hydrogen) atoms. The van der Waals surface area contributed by atoms with Crippen LogP contribution in [-0.2, 0) is 17.1 Å². The Morgan fingerprint density at radius 3 is 2.46 bits per heavy atom. The fourth-order valence-corrected chi connectivity index (χ4v) is 4.44. The molecule has 2 aromatic carbocycles. The molecule has 0 fully saturated rings. The van der Waals surface area contributed by atoms with Crippen molar-refractivity contribution in [1.29, 1.82) is 0 Å². The number of aryl methyl sites for hydroxylation is 1. The second kappa shape index (κ2) is 7.61. The highest BCUT2D eigenvalue weighted by Crippen LogP contribution is 2.26. The number of benzene rings is 2. The molecule has 0 spiro atoms. The summed E-state index contributed by atoms with van der Waals surface area (Å²) in [6.07, 6.45) is 1.16. The number of nitrogens with one attached hydrogen (secondary N) is 1. The largest absolute Gasteiger partial charge is 0.333 e. The van der Waals surface area contributed by atoms with Crippen LogP contribution in [0.5, 0.6) is 0 Å². The summed E-state index contributed by atoms with van der Waals surface area (Å²) in [5.41, 5.74) is -0.764. The SMILES string of the molecule is Cn1cc(C(=O)NS(=O)(=O)c2ccc(Br)cc2Cl)nc1-c1c(F)cccc1F. The highest BCUT2D eigenvalue weighted by Gasteiger charge is 2.25. The third kappa shape index (κ3) is 3.94. The van der Waals surface area contributed by atoms with Crippen LogP contribution in [0.4, 0.5) is 8.78 Å². The maximum atomic E-state index is 14.0. The lowest BCUT2D eigenvalue weighted by Crippen LogP contribution is -2.31. The fourth-order valence-electron chi connectivity index (χ4n) is 2.44. The van der Waals surface area contributed by atoms with E-state index in [0.29, 0.717) is 4.47 Å². The maximum Gasteiger partial charge on any atom is 0.285 e. The lowest BCUT2D eigenvalue weighted by atomic mass is 10.2. The van der Waals surface area contributed by atoms with Crippen LogP contribution in [0.25, 0.3) is 11.4 Å². The van der Waals surface area contributed by atoms with Gasteiger partial charge in [0.15, 0.2) is 0 Å². The molecule has 0 atom stereocenters. The van der Waals surface area contributed by atoms with Gasteiger partial charge in [-0.25, -0.2) is 26.9 Å². The van der Waals surface area contributed by atoms with Gasteiger partial charge in [-0.2, -0.15) is 0 Å². The Morgan fingerprint density at radius 1 is 1.21 bits per heavy atom. The van der Waals surface area contributed by atoms with E-state index >= 15 is 0 Å². The van der Waals surface area contributed by atoms with Gasteiger partial charge in [0.25, 0.3) is 15.9 Å². The Bertz CT molecular complexity index is 1180. The average molecular weight is 491 g/mol. The molecular formula is C17H11BrClF2N3O3S. The molecule has 1 heterocycles. The average Bonchev–Trinajstić information content (AvgIpc) is 2.96. The predicted octanol–water partition coefficient (Wildman–Crippen LogP) is 3.90. The number of sulfonamides is 1. The Hall–Kier alpha value is -2.30. The zero-order chi connectivity index (χ0) is 20.6. The summed E-state index contributed by atoms with van der Waals surface area (Å²) in [5.74, 6) is -2.97. The third-order valence-electron chi connectivity index (χ3n) is 3.71. The van der Waals surface area contributed by atoms with Crippen LogP contribution in [0, 0.1) is 11.6 Å². The van der Waals surface area contributed by atoms with Crippen molar-refractivity contribution in [3.8, 4) is 11.4 Å². The number of imidazole rings is 1. The summed E-state index contributed by atoms with van der Waals surface area (Å²) in [6.45, 7) is 0. The zero-order valence-corrected chi connectivity index (χ0v) is 17.2. The number of rotatable bonds is 4. The van der Waals surface area contributed by atoms with Crippen LogP contribution in [0.2, 0.25) is 5.02 Å². The summed E-state index contributed by atoms with van der Waals surface area (Å²) >= 11 is 9.08. The number of carbonyl (C=O) groups is 1. The summed E-state index contributed by atoms with van der Waals surface area (Å²) in [5, 5.41) is -0.0928. The number of amides is 1. The number of hydrogen-bond acceptors (Lipinski definition) is 4. The summed E-state index contributed by atoms with van der Waals surface area (Å²) in [7, 11) is -2.87. The first kappa shape index (κ1) is 20.4. The van der Waals surface area contributed by atoms with Crippen molar-refractivity contribution in [3.05, 3.63) is 69.4 Å². The third-order valence-corrected chi connectivity index (χ3v) is 6.01. The molecule has 146 valence electrons. The van der Waals surface area contributed by atoms with Crippen molar-refractivity contribution >= 4 is 43.5 Å². The Labute approximate surface area is 172 Å². The molecular weight excluding hydrogens is 480 g/mol. The molecule has 0 radical (unpaired) electrons. The number of nitrogens with zero attached hydrogens (tertiary/aromatic N) is 2. The summed E-state index contributed by atoms with van der Waals surface area (Å²) in [4.78, 5) is 16.0. The smallest absolute Gasteiger partial charge is 0.285 e. The molecule has 6 nitrogen and oxygen atoms in total. The van der Waals surface area contributed by atoms with Crippen molar-refractivity contribution < 1.29 is 22.0 Å². The van der Waals surface area contributed by atoms with Gasteiger partial charge in [-0.05, 0) is 30.3 Å². The first-order chi connectivity index (χ1) is 13.1. The minimum absolute atomic E-state index is 0.0928. The van der Waals surface area contributed by atoms with Gasteiger partial charge < -0.3 is 4.57 Å². The van der Waals surface area contributed by atoms with E-state index in [1.54, 1.807) is 0 Å².